The van der Waals surface area contributed by atoms with Crippen molar-refractivity contribution < 1.29 is 9.59 Å². The van der Waals surface area contributed by atoms with E-state index < -0.39 is 0 Å². The van der Waals surface area contributed by atoms with E-state index in [2.05, 4.69) is 33.2 Å². The number of nitrogens with one attached hydrogen (secondary N) is 2. The van der Waals surface area contributed by atoms with Crippen LogP contribution in [-0.4, -0.2) is 11.8 Å². The molecule has 0 spiro atoms. The van der Waals surface area contributed by atoms with Crippen LogP contribution < -0.4 is 10.6 Å². The highest BCUT2D eigenvalue weighted by Crippen LogP contribution is 2.21. The van der Waals surface area contributed by atoms with Crippen molar-refractivity contribution in [1.29, 1.82) is 0 Å². The van der Waals surface area contributed by atoms with Gasteiger partial charge in [0.2, 0.25) is 0 Å². The van der Waals surface area contributed by atoms with Gasteiger partial charge in [0.15, 0.2) is 0 Å². The van der Waals surface area contributed by atoms with Gasteiger partial charge in [0.1, 0.15) is 0 Å². The van der Waals surface area contributed by atoms with Crippen molar-refractivity contribution in [2.24, 2.45) is 0 Å². The highest BCUT2D eigenvalue weighted by molar-refractivity contribution is 14.1. The highest BCUT2D eigenvalue weighted by atomic mass is 127. The maximum Gasteiger partial charge on any atom is 0.257 e. The summed E-state index contributed by atoms with van der Waals surface area (Å²) in [6, 6.07) is 20.1. The van der Waals surface area contributed by atoms with E-state index in [-0.39, 0.29) is 11.8 Å². The van der Waals surface area contributed by atoms with Gasteiger partial charge in [0.05, 0.1) is 16.8 Å². The second-order valence-electron chi connectivity index (χ2n) is 6.23. The molecular weight excluding hydrogens is 451 g/mol. The Morgan fingerprint density at radius 3 is 2.07 bits per heavy atom. The molecule has 0 unspecified atom stereocenters. The SMILES string of the molecule is Cc1ccc(NC(=O)c2ccccc2NC(=O)c2ccccc2I)cc1C. The Morgan fingerprint density at radius 2 is 1.37 bits per heavy atom. The van der Waals surface area contributed by atoms with Gasteiger partial charge in [-0.2, -0.15) is 0 Å². The summed E-state index contributed by atoms with van der Waals surface area (Å²) in [5.74, 6) is -0.511. The Labute approximate surface area is 172 Å². The average molecular weight is 470 g/mol. The number of hydrogen-bond donors (Lipinski definition) is 2. The molecule has 3 aromatic rings. The fraction of sp³-hybridized carbons (Fsp3) is 0.0909. The summed E-state index contributed by atoms with van der Waals surface area (Å²) in [6.45, 7) is 4.03. The minimum atomic E-state index is -0.267. The van der Waals surface area contributed by atoms with Crippen molar-refractivity contribution in [2.45, 2.75) is 13.8 Å². The van der Waals surface area contributed by atoms with E-state index in [1.54, 1.807) is 30.3 Å². The molecule has 0 aliphatic carbocycles. The van der Waals surface area contributed by atoms with Crippen LogP contribution in [0.15, 0.2) is 66.7 Å². The molecule has 5 heteroatoms. The van der Waals surface area contributed by atoms with Gasteiger partial charge in [-0.25, -0.2) is 0 Å². The van der Waals surface area contributed by atoms with E-state index in [0.29, 0.717) is 16.8 Å². The number of amides is 2. The minimum absolute atomic E-state index is 0.244. The van der Waals surface area contributed by atoms with Gasteiger partial charge < -0.3 is 10.6 Å². The third kappa shape index (κ3) is 4.54. The van der Waals surface area contributed by atoms with Crippen LogP contribution in [0.5, 0.6) is 0 Å². The molecule has 3 rings (SSSR count). The lowest BCUT2D eigenvalue weighted by molar-refractivity contribution is 0.102. The predicted molar refractivity (Wildman–Crippen MR) is 117 cm³/mol. The number of benzene rings is 3. The van der Waals surface area contributed by atoms with Crippen LogP contribution in [0.25, 0.3) is 0 Å². The maximum atomic E-state index is 12.8. The van der Waals surface area contributed by atoms with E-state index in [9.17, 15) is 9.59 Å². The first-order valence-corrected chi connectivity index (χ1v) is 9.57. The molecule has 0 saturated carbocycles. The quantitative estimate of drug-likeness (QED) is 0.501. The van der Waals surface area contributed by atoms with Gasteiger partial charge >= 0.3 is 0 Å². The molecule has 0 radical (unpaired) electrons. The third-order valence-corrected chi connectivity index (χ3v) is 5.24. The Kier molecular flexibility index (Phi) is 5.91. The molecule has 0 bridgehead atoms. The van der Waals surface area contributed by atoms with Crippen LogP contribution in [0.4, 0.5) is 11.4 Å². The Bertz CT molecular complexity index is 1010. The summed E-state index contributed by atoms with van der Waals surface area (Å²) < 4.78 is 0.852. The standard InChI is InChI=1S/C22H19IN2O2/c1-14-11-12-16(13-15(14)2)24-22(27)18-8-4-6-10-20(18)25-21(26)17-7-3-5-9-19(17)23/h3-13H,1-2H3,(H,24,27)(H,25,26). The fourth-order valence-corrected chi connectivity index (χ4v) is 3.28. The smallest absolute Gasteiger partial charge is 0.257 e. The van der Waals surface area contributed by atoms with Crippen LogP contribution in [0.2, 0.25) is 0 Å². The fourth-order valence-electron chi connectivity index (χ4n) is 2.64. The number of hydrogen-bond acceptors (Lipinski definition) is 2. The molecule has 0 aromatic heterocycles. The van der Waals surface area contributed by atoms with Crippen LogP contribution in [0.3, 0.4) is 0 Å². The summed E-state index contributed by atoms with van der Waals surface area (Å²) in [7, 11) is 0. The molecule has 0 saturated heterocycles. The topological polar surface area (TPSA) is 58.2 Å². The number of para-hydroxylation sites is 1. The van der Waals surface area contributed by atoms with Crippen LogP contribution in [0.1, 0.15) is 31.8 Å². The monoisotopic (exact) mass is 470 g/mol. The lowest BCUT2D eigenvalue weighted by Gasteiger charge is -2.13. The van der Waals surface area contributed by atoms with E-state index in [1.807, 2.05) is 50.2 Å². The number of aryl methyl sites for hydroxylation is 2. The highest BCUT2D eigenvalue weighted by Gasteiger charge is 2.15. The molecule has 0 fully saturated rings. The second-order valence-corrected chi connectivity index (χ2v) is 7.39. The van der Waals surface area contributed by atoms with Gasteiger partial charge in [-0.3, -0.25) is 9.59 Å². The number of anilines is 2. The van der Waals surface area contributed by atoms with Crippen molar-refractivity contribution in [3.8, 4) is 0 Å². The summed E-state index contributed by atoms with van der Waals surface area (Å²) >= 11 is 2.12. The van der Waals surface area contributed by atoms with Crippen molar-refractivity contribution in [3.63, 3.8) is 0 Å². The number of carbonyl (C=O) groups is 2. The molecule has 136 valence electrons. The van der Waals surface area contributed by atoms with Gasteiger partial charge in [-0.1, -0.05) is 30.3 Å². The third-order valence-electron chi connectivity index (χ3n) is 4.30. The first-order chi connectivity index (χ1) is 13.0. The van der Waals surface area contributed by atoms with E-state index in [0.717, 1.165) is 20.4 Å². The van der Waals surface area contributed by atoms with E-state index >= 15 is 0 Å². The molecule has 4 nitrogen and oxygen atoms in total. The zero-order valence-corrected chi connectivity index (χ0v) is 17.2. The molecule has 3 aromatic carbocycles. The van der Waals surface area contributed by atoms with Crippen LogP contribution in [-0.2, 0) is 0 Å². The molecule has 2 N–H and O–H groups in total. The van der Waals surface area contributed by atoms with Crippen LogP contribution >= 0.6 is 22.6 Å². The number of carbonyl (C=O) groups excluding carboxylic acids is 2. The molecule has 2 amide bonds. The second kappa shape index (κ2) is 8.35. The van der Waals surface area contributed by atoms with Crippen molar-refractivity contribution in [1.82, 2.24) is 0 Å². The number of rotatable bonds is 4. The summed E-state index contributed by atoms with van der Waals surface area (Å²) in [5.41, 5.74) is 4.45. The number of halogens is 1. The van der Waals surface area contributed by atoms with Gasteiger partial charge in [0, 0.05) is 9.26 Å². The molecule has 27 heavy (non-hydrogen) atoms. The summed E-state index contributed by atoms with van der Waals surface area (Å²) in [4.78, 5) is 25.4. The molecule has 0 atom stereocenters. The first-order valence-electron chi connectivity index (χ1n) is 8.49. The zero-order chi connectivity index (χ0) is 19.4. The molecule has 0 aliphatic rings. The van der Waals surface area contributed by atoms with E-state index in [1.165, 1.54) is 0 Å². The lowest BCUT2D eigenvalue weighted by atomic mass is 10.1. The Hall–Kier alpha value is -2.67. The molecule has 0 heterocycles. The van der Waals surface area contributed by atoms with Gasteiger partial charge in [0.25, 0.3) is 11.8 Å². The van der Waals surface area contributed by atoms with Crippen molar-refractivity contribution in [3.05, 3.63) is 92.6 Å². The van der Waals surface area contributed by atoms with Gasteiger partial charge in [-0.15, -0.1) is 0 Å². The largest absolute Gasteiger partial charge is 0.322 e. The van der Waals surface area contributed by atoms with E-state index in [4.69, 9.17) is 0 Å². The van der Waals surface area contributed by atoms with Gasteiger partial charge in [-0.05, 0) is 84.0 Å². The van der Waals surface area contributed by atoms with Crippen molar-refractivity contribution in [2.75, 3.05) is 10.6 Å². The first kappa shape index (κ1) is 19.1. The zero-order valence-electron chi connectivity index (χ0n) is 15.0. The molecule has 0 aliphatic heterocycles. The lowest BCUT2D eigenvalue weighted by Crippen LogP contribution is -2.19. The van der Waals surface area contributed by atoms with Crippen molar-refractivity contribution >= 4 is 45.8 Å². The Morgan fingerprint density at radius 1 is 0.741 bits per heavy atom. The Balaban J connectivity index is 1.83. The summed E-state index contributed by atoms with van der Waals surface area (Å²) in [6.07, 6.45) is 0. The minimum Gasteiger partial charge on any atom is -0.322 e. The maximum absolute atomic E-state index is 12.8. The average Bonchev–Trinajstić information content (AvgIpc) is 2.65. The normalized spacial score (nSPS) is 10.3. The van der Waals surface area contributed by atoms with Crippen LogP contribution in [0, 0.1) is 17.4 Å². The summed E-state index contributed by atoms with van der Waals surface area (Å²) in [5, 5.41) is 5.75. The predicted octanol–water partition coefficient (Wildman–Crippen LogP) is 5.41. The molecular formula is C22H19IN2O2.